The number of hydrogen-bond acceptors (Lipinski definition) is 10. The second-order valence-electron chi connectivity index (χ2n) is 16.7. The van der Waals surface area contributed by atoms with Crippen LogP contribution >= 0.6 is 0 Å². The third kappa shape index (κ3) is 10.9. The van der Waals surface area contributed by atoms with Gasteiger partial charge in [-0.1, -0.05) is 50.6 Å². The summed E-state index contributed by atoms with van der Waals surface area (Å²) in [5.41, 5.74) is 3.61. The van der Waals surface area contributed by atoms with Crippen LogP contribution in [0.4, 0.5) is 13.6 Å². The highest BCUT2D eigenvalue weighted by atomic mass is 32.2. The number of nitrogens with two attached hydrogens (primary N) is 1. The zero-order chi connectivity index (χ0) is 42.6. The molecule has 58 heavy (non-hydrogen) atoms. The van der Waals surface area contributed by atoms with Crippen molar-refractivity contribution in [3.8, 4) is 11.8 Å². The van der Waals surface area contributed by atoms with Gasteiger partial charge in [0.2, 0.25) is 39.5 Å². The Kier molecular flexibility index (Phi) is 14.0. The largest absolute Gasteiger partial charge is 0.481 e. The lowest BCUT2D eigenvalue weighted by molar-refractivity contribution is -0.151. The first kappa shape index (κ1) is 44.6. The number of amides is 4. The predicted octanol–water partition coefficient (Wildman–Crippen LogP) is 5.63. The van der Waals surface area contributed by atoms with Crippen molar-refractivity contribution >= 4 is 44.6 Å². The number of allylic oxidation sites excluding steroid dienone is 2. The van der Waals surface area contributed by atoms with Crippen LogP contribution < -0.4 is 25.2 Å². The SMILES string of the molecule is COc1cc2ccccc2c(O[C@@H]2C[C@@H](C(N)=O)N(C(=O)[C@@H](NC(=O)OC(C)(C)C(C)(F)F)[C@H](C)C[C@H](C)CC/C=C\[C@@H]3CCCC3C(=O)NS(=O)(=O)C3CC3)C2)n1. The van der Waals surface area contributed by atoms with Gasteiger partial charge in [-0.15, -0.1) is 0 Å². The number of sulfonamides is 1. The first-order valence-corrected chi connectivity index (χ1v) is 21.5. The molecule has 17 heteroatoms. The summed E-state index contributed by atoms with van der Waals surface area (Å²) in [5.74, 6) is -5.78. The number of aromatic nitrogens is 1. The number of nitrogens with zero attached hydrogens (tertiary/aromatic N) is 2. The lowest BCUT2D eigenvalue weighted by atomic mass is 9.87. The molecule has 3 fully saturated rings. The number of ether oxygens (including phenoxy) is 3. The zero-order valence-electron chi connectivity index (χ0n) is 34.0. The molecule has 3 aliphatic rings. The summed E-state index contributed by atoms with van der Waals surface area (Å²) in [6, 6.07) is 6.73. The molecule has 1 saturated heterocycles. The molecular weight excluding hydrogens is 777 g/mol. The van der Waals surface area contributed by atoms with Crippen molar-refractivity contribution in [1.29, 1.82) is 0 Å². The van der Waals surface area contributed by atoms with E-state index in [0.29, 0.717) is 56.7 Å². The van der Waals surface area contributed by atoms with Crippen molar-refractivity contribution in [3.63, 3.8) is 0 Å². The van der Waals surface area contributed by atoms with Crippen LogP contribution in [-0.4, -0.2) is 90.7 Å². The molecule has 5 rings (SSSR count). The smallest absolute Gasteiger partial charge is 0.408 e. The molecule has 1 aromatic heterocycles. The van der Waals surface area contributed by atoms with E-state index in [4.69, 9.17) is 19.9 Å². The van der Waals surface area contributed by atoms with Crippen LogP contribution in [-0.2, 0) is 29.1 Å². The molecule has 0 spiro atoms. The van der Waals surface area contributed by atoms with E-state index in [1.807, 2.05) is 43.3 Å². The molecule has 7 atom stereocenters. The van der Waals surface area contributed by atoms with Crippen molar-refractivity contribution in [2.75, 3.05) is 13.7 Å². The number of fused-ring (bicyclic) bond motifs is 1. The minimum atomic E-state index is -3.62. The topological polar surface area (TPSA) is 196 Å². The zero-order valence-corrected chi connectivity index (χ0v) is 34.9. The number of pyridine rings is 1. The Morgan fingerprint density at radius 2 is 1.79 bits per heavy atom. The minimum absolute atomic E-state index is 0.00422. The van der Waals surface area contributed by atoms with Gasteiger partial charge >= 0.3 is 6.09 Å². The number of hydrogen-bond donors (Lipinski definition) is 3. The van der Waals surface area contributed by atoms with Crippen LogP contribution in [0.25, 0.3) is 10.8 Å². The number of halogens is 2. The highest BCUT2D eigenvalue weighted by Gasteiger charge is 2.48. The van der Waals surface area contributed by atoms with Crippen molar-refractivity contribution in [1.82, 2.24) is 19.9 Å². The number of primary amides is 1. The third-order valence-corrected chi connectivity index (χ3v) is 13.5. The van der Waals surface area contributed by atoms with E-state index in [0.717, 1.165) is 32.1 Å². The van der Waals surface area contributed by atoms with Gasteiger partial charge in [-0.2, -0.15) is 4.98 Å². The third-order valence-electron chi connectivity index (χ3n) is 11.7. The maximum atomic E-state index is 14.4. The summed E-state index contributed by atoms with van der Waals surface area (Å²) in [6.45, 7) is 6.43. The Morgan fingerprint density at radius 3 is 2.45 bits per heavy atom. The normalized spacial score (nSPS) is 23.0. The maximum absolute atomic E-state index is 14.4. The minimum Gasteiger partial charge on any atom is -0.481 e. The quantitative estimate of drug-likeness (QED) is 0.159. The highest BCUT2D eigenvalue weighted by Crippen LogP contribution is 2.36. The first-order chi connectivity index (χ1) is 27.2. The Bertz CT molecular complexity index is 1970. The van der Waals surface area contributed by atoms with Crippen LogP contribution in [0.2, 0.25) is 0 Å². The van der Waals surface area contributed by atoms with Gasteiger partial charge in [0.25, 0.3) is 5.92 Å². The Labute approximate surface area is 339 Å². The Morgan fingerprint density at radius 1 is 1.09 bits per heavy atom. The van der Waals surface area contributed by atoms with Crippen LogP contribution in [0.1, 0.15) is 92.4 Å². The van der Waals surface area contributed by atoms with Gasteiger partial charge < -0.3 is 30.2 Å². The van der Waals surface area contributed by atoms with Crippen LogP contribution in [0.5, 0.6) is 11.8 Å². The van der Waals surface area contributed by atoms with E-state index >= 15 is 0 Å². The molecule has 2 aliphatic carbocycles. The monoisotopic (exact) mass is 833 g/mol. The lowest BCUT2D eigenvalue weighted by Crippen LogP contribution is -2.56. The fourth-order valence-electron chi connectivity index (χ4n) is 7.76. The van der Waals surface area contributed by atoms with Crippen LogP contribution in [0, 0.1) is 23.7 Å². The first-order valence-electron chi connectivity index (χ1n) is 20.0. The summed E-state index contributed by atoms with van der Waals surface area (Å²) in [6.07, 6.45) is 7.14. The number of alkyl halides is 2. The van der Waals surface area contributed by atoms with E-state index in [-0.39, 0.29) is 30.7 Å². The Balaban J connectivity index is 1.27. The van der Waals surface area contributed by atoms with Crippen molar-refractivity contribution in [2.45, 2.75) is 127 Å². The summed E-state index contributed by atoms with van der Waals surface area (Å²) in [4.78, 5) is 59.0. The van der Waals surface area contributed by atoms with Gasteiger partial charge in [-0.25, -0.2) is 22.0 Å². The van der Waals surface area contributed by atoms with Crippen molar-refractivity contribution < 1.29 is 50.6 Å². The van der Waals surface area contributed by atoms with Gasteiger partial charge in [0, 0.05) is 30.7 Å². The molecule has 14 nitrogen and oxygen atoms in total. The summed E-state index contributed by atoms with van der Waals surface area (Å²) in [7, 11) is -2.15. The van der Waals surface area contributed by atoms with Crippen molar-refractivity contribution in [3.05, 3.63) is 42.5 Å². The fourth-order valence-corrected chi connectivity index (χ4v) is 9.11. The molecule has 1 aliphatic heterocycles. The number of carbonyl (C=O) groups excluding carboxylic acids is 4. The number of rotatable bonds is 18. The summed E-state index contributed by atoms with van der Waals surface area (Å²) >= 11 is 0. The molecule has 2 heterocycles. The second kappa shape index (κ2) is 18.2. The molecule has 4 amide bonds. The molecule has 0 radical (unpaired) electrons. The highest BCUT2D eigenvalue weighted by molar-refractivity contribution is 7.90. The van der Waals surface area contributed by atoms with Gasteiger partial charge in [-0.3, -0.25) is 19.1 Å². The van der Waals surface area contributed by atoms with Gasteiger partial charge in [0.15, 0.2) is 5.60 Å². The molecule has 2 aromatic rings. The Hall–Kier alpha value is -4.54. The van der Waals surface area contributed by atoms with E-state index in [1.54, 1.807) is 13.0 Å². The second-order valence-corrected chi connectivity index (χ2v) is 18.7. The van der Waals surface area contributed by atoms with Gasteiger partial charge in [0.1, 0.15) is 18.2 Å². The number of alkyl carbamates (subject to hydrolysis) is 1. The molecule has 1 unspecified atom stereocenters. The molecule has 2 saturated carbocycles. The molecular formula is C41H57F2N5O9S. The van der Waals surface area contributed by atoms with Crippen LogP contribution in [0.15, 0.2) is 42.5 Å². The number of likely N-dealkylation sites (tertiary alicyclic amines) is 1. The average Bonchev–Trinajstić information content (AvgIpc) is 3.77. The molecule has 320 valence electrons. The average molecular weight is 834 g/mol. The number of carbonyl (C=O) groups is 4. The number of benzene rings is 1. The van der Waals surface area contributed by atoms with E-state index in [1.165, 1.54) is 12.0 Å². The maximum Gasteiger partial charge on any atom is 0.408 e. The van der Waals surface area contributed by atoms with Gasteiger partial charge in [0.05, 0.1) is 18.9 Å². The van der Waals surface area contributed by atoms with Gasteiger partial charge in [-0.05, 0) is 88.0 Å². The molecule has 1 aromatic carbocycles. The number of nitrogens with one attached hydrogen (secondary N) is 2. The lowest BCUT2D eigenvalue weighted by Gasteiger charge is -2.34. The molecule has 4 N–H and O–H groups in total. The number of methoxy groups -OCH3 is 1. The summed E-state index contributed by atoms with van der Waals surface area (Å²) < 4.78 is 72.4. The van der Waals surface area contributed by atoms with Crippen molar-refractivity contribution in [2.24, 2.45) is 29.4 Å². The summed E-state index contributed by atoms with van der Waals surface area (Å²) in [5, 5.41) is 3.54. The van der Waals surface area contributed by atoms with E-state index < -0.39 is 80.6 Å². The van der Waals surface area contributed by atoms with Crippen LogP contribution in [0.3, 0.4) is 0 Å². The predicted molar refractivity (Wildman–Crippen MR) is 212 cm³/mol. The standard InChI is InChI=1S/C41H57F2N5O9S/c1-24(12-7-8-13-26-15-11-17-30(26)36(50)47-58(53,54)29-18-19-29)20-25(2)34(46-39(52)57-40(3,4)41(5,42)43)38(51)48-23-28(22-32(48)35(44)49)56-37-31-16-10-9-14-27(31)21-33(45-37)55-6/h8-10,13-14,16,21,24-26,28-30,32,34H,7,11-12,15,17-20,22-23H2,1-6H3,(H2,44,49)(H,46,52)(H,47,50)/b13-8-/t24-,25-,26-,28-,30?,32+,34+/m1/s1. The van der Waals surface area contributed by atoms with E-state index in [9.17, 15) is 36.4 Å². The molecule has 0 bridgehead atoms. The van der Waals surface area contributed by atoms with E-state index in [2.05, 4.69) is 15.0 Å². The fraction of sp³-hybridized carbons (Fsp3) is 0.634.